The van der Waals surface area contributed by atoms with Crippen molar-refractivity contribution in [2.75, 3.05) is 17.7 Å². The van der Waals surface area contributed by atoms with E-state index in [4.69, 9.17) is 10.5 Å². The average molecular weight is 226 g/mol. The molecule has 1 rings (SSSR count). The molecule has 0 amide bonds. The third-order valence-corrected chi connectivity index (χ3v) is 1.88. The number of nitrogens with two attached hydrogens (primary N) is 1. The predicted molar refractivity (Wildman–Crippen MR) is 59.0 cm³/mol. The van der Waals surface area contributed by atoms with E-state index in [0.717, 1.165) is 0 Å². The maximum atomic E-state index is 11.3. The monoisotopic (exact) mass is 226 g/mol. The van der Waals surface area contributed by atoms with Crippen LogP contribution >= 0.6 is 0 Å². The number of aromatic amines is 1. The first kappa shape index (κ1) is 12.0. The summed E-state index contributed by atoms with van der Waals surface area (Å²) in [6.07, 6.45) is 1.21. The van der Waals surface area contributed by atoms with Crippen LogP contribution in [0.15, 0.2) is 11.1 Å². The lowest BCUT2D eigenvalue weighted by molar-refractivity contribution is -0.143. The molecule has 1 unspecified atom stereocenters. The number of ether oxygens (including phenoxy) is 1. The van der Waals surface area contributed by atoms with E-state index in [0.29, 0.717) is 6.61 Å². The molecule has 16 heavy (non-hydrogen) atoms. The summed E-state index contributed by atoms with van der Waals surface area (Å²) < 4.78 is 4.79. The number of carbonyl (C=O) groups is 1. The number of hydrogen-bond donors (Lipinski definition) is 3. The van der Waals surface area contributed by atoms with E-state index < -0.39 is 17.6 Å². The molecule has 4 N–H and O–H groups in total. The first-order valence-corrected chi connectivity index (χ1v) is 4.82. The van der Waals surface area contributed by atoms with E-state index in [1.807, 2.05) is 0 Å². The molecule has 7 heteroatoms. The van der Waals surface area contributed by atoms with Crippen LogP contribution < -0.4 is 16.6 Å². The Labute approximate surface area is 92.0 Å². The predicted octanol–water partition coefficient (Wildman–Crippen LogP) is -0.284. The molecule has 0 aliphatic rings. The third kappa shape index (κ3) is 2.72. The van der Waals surface area contributed by atoms with Gasteiger partial charge in [0.1, 0.15) is 11.7 Å². The van der Waals surface area contributed by atoms with Gasteiger partial charge in [-0.05, 0) is 13.8 Å². The molecule has 0 spiro atoms. The fourth-order valence-corrected chi connectivity index (χ4v) is 1.06. The summed E-state index contributed by atoms with van der Waals surface area (Å²) in [4.78, 5) is 28.6. The number of anilines is 2. The van der Waals surface area contributed by atoms with Crippen molar-refractivity contribution < 1.29 is 9.53 Å². The number of nitrogen functional groups attached to an aromatic ring is 1. The summed E-state index contributed by atoms with van der Waals surface area (Å²) in [5, 5.41) is 2.70. The summed E-state index contributed by atoms with van der Waals surface area (Å²) >= 11 is 0. The number of H-pyrrole nitrogens is 1. The SMILES string of the molecule is CCOC(=O)C(C)Nc1nc[nH]c(=O)c1N. The number of esters is 1. The highest BCUT2D eigenvalue weighted by Gasteiger charge is 2.15. The maximum Gasteiger partial charge on any atom is 0.328 e. The van der Waals surface area contributed by atoms with E-state index in [-0.39, 0.29) is 11.5 Å². The molecule has 7 nitrogen and oxygen atoms in total. The quantitative estimate of drug-likeness (QED) is 0.609. The Morgan fingerprint density at radius 3 is 3.06 bits per heavy atom. The van der Waals surface area contributed by atoms with Gasteiger partial charge < -0.3 is 20.8 Å². The van der Waals surface area contributed by atoms with E-state index in [1.165, 1.54) is 6.33 Å². The van der Waals surface area contributed by atoms with Gasteiger partial charge in [0.05, 0.1) is 12.9 Å². The summed E-state index contributed by atoms with van der Waals surface area (Å²) in [5.41, 5.74) is 4.98. The van der Waals surface area contributed by atoms with Crippen molar-refractivity contribution in [3.63, 3.8) is 0 Å². The van der Waals surface area contributed by atoms with Crippen LogP contribution in [-0.2, 0) is 9.53 Å². The smallest absolute Gasteiger partial charge is 0.328 e. The van der Waals surface area contributed by atoms with Crippen LogP contribution in [0.4, 0.5) is 11.5 Å². The molecule has 1 heterocycles. The highest BCUT2D eigenvalue weighted by molar-refractivity contribution is 5.79. The van der Waals surface area contributed by atoms with Gasteiger partial charge in [-0.25, -0.2) is 9.78 Å². The number of nitrogens with zero attached hydrogens (tertiary/aromatic N) is 1. The molecule has 1 aromatic rings. The molecule has 0 radical (unpaired) electrons. The van der Waals surface area contributed by atoms with E-state index in [9.17, 15) is 9.59 Å². The molecule has 0 aromatic carbocycles. The number of hydrogen-bond acceptors (Lipinski definition) is 6. The van der Waals surface area contributed by atoms with Crippen LogP contribution in [0.3, 0.4) is 0 Å². The summed E-state index contributed by atoms with van der Waals surface area (Å²) in [5.74, 6) is -0.256. The molecule has 1 atom stereocenters. The van der Waals surface area contributed by atoms with Crippen molar-refractivity contribution >= 4 is 17.5 Å². The number of rotatable bonds is 4. The zero-order valence-electron chi connectivity index (χ0n) is 9.11. The molecule has 0 fully saturated rings. The van der Waals surface area contributed by atoms with Gasteiger partial charge in [0.25, 0.3) is 5.56 Å². The van der Waals surface area contributed by atoms with Crippen LogP contribution in [0.5, 0.6) is 0 Å². The Hall–Kier alpha value is -2.05. The second-order valence-electron chi connectivity index (χ2n) is 3.11. The molecule has 0 aliphatic carbocycles. The van der Waals surface area contributed by atoms with Gasteiger partial charge >= 0.3 is 5.97 Å². The fourth-order valence-electron chi connectivity index (χ4n) is 1.06. The normalized spacial score (nSPS) is 11.9. The molecule has 0 saturated carbocycles. The number of carbonyl (C=O) groups excluding carboxylic acids is 1. The van der Waals surface area contributed by atoms with Crippen molar-refractivity contribution in [1.82, 2.24) is 9.97 Å². The Bertz CT molecular complexity index is 429. The first-order valence-electron chi connectivity index (χ1n) is 4.82. The van der Waals surface area contributed by atoms with Crippen molar-refractivity contribution in [2.24, 2.45) is 0 Å². The van der Waals surface area contributed by atoms with Crippen LogP contribution in [0.25, 0.3) is 0 Å². The fraction of sp³-hybridized carbons (Fsp3) is 0.444. The van der Waals surface area contributed by atoms with E-state index >= 15 is 0 Å². The van der Waals surface area contributed by atoms with Gasteiger partial charge in [0.15, 0.2) is 5.82 Å². The molecule has 0 saturated heterocycles. The summed E-state index contributed by atoms with van der Waals surface area (Å²) in [6.45, 7) is 3.61. The van der Waals surface area contributed by atoms with Crippen LogP contribution in [0.2, 0.25) is 0 Å². The Morgan fingerprint density at radius 1 is 1.75 bits per heavy atom. The van der Waals surface area contributed by atoms with Gasteiger partial charge in [-0.3, -0.25) is 4.79 Å². The molecule has 0 bridgehead atoms. The van der Waals surface area contributed by atoms with Crippen LogP contribution in [0.1, 0.15) is 13.8 Å². The van der Waals surface area contributed by atoms with Crippen molar-refractivity contribution in [1.29, 1.82) is 0 Å². The van der Waals surface area contributed by atoms with Crippen molar-refractivity contribution in [3.8, 4) is 0 Å². The minimum absolute atomic E-state index is 0.0568. The molecule has 0 aliphatic heterocycles. The zero-order valence-corrected chi connectivity index (χ0v) is 9.11. The van der Waals surface area contributed by atoms with Gasteiger partial charge in [-0.2, -0.15) is 0 Å². The molecule has 88 valence electrons. The lowest BCUT2D eigenvalue weighted by Crippen LogP contribution is -2.30. The average Bonchev–Trinajstić information content (AvgIpc) is 2.25. The first-order chi connectivity index (χ1) is 7.56. The number of nitrogens with one attached hydrogen (secondary N) is 2. The minimum atomic E-state index is -0.614. The highest BCUT2D eigenvalue weighted by atomic mass is 16.5. The van der Waals surface area contributed by atoms with Crippen LogP contribution in [0, 0.1) is 0 Å². The van der Waals surface area contributed by atoms with E-state index in [2.05, 4.69) is 15.3 Å². The minimum Gasteiger partial charge on any atom is -0.464 e. The third-order valence-electron chi connectivity index (χ3n) is 1.88. The largest absolute Gasteiger partial charge is 0.464 e. The van der Waals surface area contributed by atoms with Crippen molar-refractivity contribution in [3.05, 3.63) is 16.7 Å². The van der Waals surface area contributed by atoms with Gasteiger partial charge in [0, 0.05) is 0 Å². The topological polar surface area (TPSA) is 110 Å². The number of aromatic nitrogens is 2. The second-order valence-corrected chi connectivity index (χ2v) is 3.11. The summed E-state index contributed by atoms with van der Waals surface area (Å²) in [6, 6.07) is -0.614. The summed E-state index contributed by atoms with van der Waals surface area (Å²) in [7, 11) is 0. The Balaban J connectivity index is 2.77. The van der Waals surface area contributed by atoms with Gasteiger partial charge in [-0.15, -0.1) is 0 Å². The van der Waals surface area contributed by atoms with Gasteiger partial charge in [0.2, 0.25) is 0 Å². The lowest BCUT2D eigenvalue weighted by Gasteiger charge is -2.13. The molecule has 1 aromatic heterocycles. The molecular formula is C9H14N4O3. The maximum absolute atomic E-state index is 11.3. The second kappa shape index (κ2) is 5.15. The standard InChI is InChI=1S/C9H14N4O3/c1-3-16-9(15)5(2)13-7-6(10)8(14)12-4-11-7/h4-5H,3,10H2,1-2H3,(H2,11,12,13,14). The molecular weight excluding hydrogens is 212 g/mol. The van der Waals surface area contributed by atoms with Crippen molar-refractivity contribution in [2.45, 2.75) is 19.9 Å². The van der Waals surface area contributed by atoms with Crippen LogP contribution in [-0.4, -0.2) is 28.6 Å². The Morgan fingerprint density at radius 2 is 2.44 bits per heavy atom. The Kier molecular flexibility index (Phi) is 3.87. The zero-order chi connectivity index (χ0) is 12.1. The van der Waals surface area contributed by atoms with E-state index in [1.54, 1.807) is 13.8 Å². The lowest BCUT2D eigenvalue weighted by atomic mass is 10.3. The highest BCUT2D eigenvalue weighted by Crippen LogP contribution is 2.09. The van der Waals surface area contributed by atoms with Gasteiger partial charge in [-0.1, -0.05) is 0 Å².